The van der Waals surface area contributed by atoms with Crippen LogP contribution >= 0.6 is 0 Å². The van der Waals surface area contributed by atoms with Gasteiger partial charge in [-0.15, -0.1) is 0 Å². The summed E-state index contributed by atoms with van der Waals surface area (Å²) >= 11 is 0. The van der Waals surface area contributed by atoms with Crippen LogP contribution < -0.4 is 0 Å². The highest BCUT2D eigenvalue weighted by atomic mass is 16.5. The largest absolute Gasteiger partial charge is 0.378 e. The molecule has 0 spiro atoms. The van der Waals surface area contributed by atoms with Crippen LogP contribution in [0.3, 0.4) is 0 Å². The summed E-state index contributed by atoms with van der Waals surface area (Å²) in [5, 5.41) is 0. The molecule has 1 aromatic rings. The Labute approximate surface area is 110 Å². The molecule has 1 aliphatic carbocycles. The summed E-state index contributed by atoms with van der Waals surface area (Å²) < 4.78 is 5.78. The maximum absolute atomic E-state index is 5.78. The highest BCUT2D eigenvalue weighted by Gasteiger charge is 2.50. The Balaban J connectivity index is 1.93. The van der Waals surface area contributed by atoms with Crippen molar-refractivity contribution in [3.05, 3.63) is 30.1 Å². The molecule has 0 saturated heterocycles. The topological polar surface area (TPSA) is 25.4 Å². The first-order valence-corrected chi connectivity index (χ1v) is 6.77. The van der Waals surface area contributed by atoms with Crippen LogP contribution in [0.1, 0.15) is 32.9 Å². The van der Waals surface area contributed by atoms with Crippen LogP contribution in [0.15, 0.2) is 24.4 Å². The maximum atomic E-state index is 5.78. The molecule has 1 aliphatic rings. The zero-order chi connectivity index (χ0) is 13.2. The average Bonchev–Trinajstić information content (AvgIpc) is 2.35. The number of pyridine rings is 1. The van der Waals surface area contributed by atoms with Crippen molar-refractivity contribution in [3.63, 3.8) is 0 Å². The van der Waals surface area contributed by atoms with Gasteiger partial charge in [0.15, 0.2) is 0 Å². The van der Waals surface area contributed by atoms with Gasteiger partial charge in [-0.25, -0.2) is 0 Å². The molecule has 1 saturated carbocycles. The van der Waals surface area contributed by atoms with E-state index in [9.17, 15) is 0 Å². The Morgan fingerprint density at radius 2 is 2.22 bits per heavy atom. The molecule has 0 unspecified atom stereocenters. The average molecular weight is 248 g/mol. The van der Waals surface area contributed by atoms with Crippen molar-refractivity contribution in [1.29, 1.82) is 0 Å². The van der Waals surface area contributed by atoms with Crippen LogP contribution in [-0.2, 0) is 11.3 Å². The minimum atomic E-state index is 0.236. The number of hydrogen-bond acceptors (Lipinski definition) is 3. The SMILES string of the molecule is CCO[C@H]1C[C@@H](N(C)Cc2ccccn2)C1(C)C. The van der Waals surface area contributed by atoms with Crippen LogP contribution in [0.25, 0.3) is 0 Å². The molecule has 0 radical (unpaired) electrons. The standard InChI is InChI=1S/C15H24N2O/c1-5-18-14-10-13(15(14,2)3)17(4)11-12-8-6-7-9-16-12/h6-9,13-14H,5,10-11H2,1-4H3/t13-,14+/m1/s1. The van der Waals surface area contributed by atoms with Crippen molar-refractivity contribution >= 4 is 0 Å². The van der Waals surface area contributed by atoms with Gasteiger partial charge < -0.3 is 4.74 Å². The Hall–Kier alpha value is -0.930. The zero-order valence-corrected chi connectivity index (χ0v) is 11.9. The van der Waals surface area contributed by atoms with Crippen molar-refractivity contribution in [2.75, 3.05) is 13.7 Å². The summed E-state index contributed by atoms with van der Waals surface area (Å²) in [5.41, 5.74) is 1.37. The van der Waals surface area contributed by atoms with Crippen LogP contribution in [0.2, 0.25) is 0 Å². The summed E-state index contributed by atoms with van der Waals surface area (Å²) in [5.74, 6) is 0. The van der Waals surface area contributed by atoms with E-state index in [4.69, 9.17) is 4.74 Å². The maximum Gasteiger partial charge on any atom is 0.0655 e. The van der Waals surface area contributed by atoms with Crippen molar-refractivity contribution in [3.8, 4) is 0 Å². The zero-order valence-electron chi connectivity index (χ0n) is 11.9. The van der Waals surface area contributed by atoms with E-state index in [0.29, 0.717) is 12.1 Å². The van der Waals surface area contributed by atoms with Crippen molar-refractivity contribution < 1.29 is 4.74 Å². The van der Waals surface area contributed by atoms with Crippen LogP contribution in [0.4, 0.5) is 0 Å². The first kappa shape index (κ1) is 13.5. The van der Waals surface area contributed by atoms with Crippen LogP contribution in [0.5, 0.6) is 0 Å². The Morgan fingerprint density at radius 1 is 1.44 bits per heavy atom. The summed E-state index contributed by atoms with van der Waals surface area (Å²) in [6.45, 7) is 8.40. The summed E-state index contributed by atoms with van der Waals surface area (Å²) in [7, 11) is 2.18. The van der Waals surface area contributed by atoms with Gasteiger partial charge in [0.2, 0.25) is 0 Å². The van der Waals surface area contributed by atoms with Crippen molar-refractivity contribution in [2.45, 2.75) is 45.9 Å². The van der Waals surface area contributed by atoms with E-state index in [1.165, 1.54) is 0 Å². The quantitative estimate of drug-likeness (QED) is 0.801. The lowest BCUT2D eigenvalue weighted by atomic mass is 9.64. The van der Waals surface area contributed by atoms with E-state index in [2.05, 4.69) is 43.8 Å². The van der Waals surface area contributed by atoms with Crippen LogP contribution in [-0.4, -0.2) is 35.7 Å². The van der Waals surface area contributed by atoms with Crippen LogP contribution in [0, 0.1) is 5.41 Å². The normalized spacial score (nSPS) is 26.1. The minimum absolute atomic E-state index is 0.236. The molecule has 2 atom stereocenters. The van der Waals surface area contributed by atoms with E-state index in [1.54, 1.807) is 0 Å². The Kier molecular flexibility index (Phi) is 4.03. The summed E-state index contributed by atoms with van der Waals surface area (Å²) in [6, 6.07) is 6.67. The highest BCUT2D eigenvalue weighted by molar-refractivity contribution is 5.07. The molecule has 1 fully saturated rings. The molecular weight excluding hydrogens is 224 g/mol. The van der Waals surface area contributed by atoms with E-state index in [-0.39, 0.29) is 5.41 Å². The fraction of sp³-hybridized carbons (Fsp3) is 0.667. The molecule has 18 heavy (non-hydrogen) atoms. The molecule has 0 bridgehead atoms. The van der Waals surface area contributed by atoms with Gasteiger partial charge in [-0.05, 0) is 32.5 Å². The second kappa shape index (κ2) is 5.37. The van der Waals surface area contributed by atoms with Crippen molar-refractivity contribution in [2.24, 2.45) is 5.41 Å². The highest BCUT2D eigenvalue weighted by Crippen LogP contribution is 2.45. The van der Waals surface area contributed by atoms with Crippen molar-refractivity contribution in [1.82, 2.24) is 9.88 Å². The number of rotatable bonds is 5. The fourth-order valence-corrected chi connectivity index (χ4v) is 2.95. The van der Waals surface area contributed by atoms with E-state index < -0.39 is 0 Å². The summed E-state index contributed by atoms with van der Waals surface area (Å²) in [6.07, 6.45) is 3.39. The first-order valence-electron chi connectivity index (χ1n) is 6.77. The third kappa shape index (κ3) is 2.57. The second-order valence-electron chi connectivity index (χ2n) is 5.75. The van der Waals surface area contributed by atoms with Gasteiger partial charge in [-0.3, -0.25) is 9.88 Å². The predicted octanol–water partition coefficient (Wildman–Crippen LogP) is 2.72. The monoisotopic (exact) mass is 248 g/mol. The minimum Gasteiger partial charge on any atom is -0.378 e. The molecule has 1 aromatic heterocycles. The Bertz CT molecular complexity index is 377. The first-order chi connectivity index (χ1) is 8.55. The molecule has 0 N–H and O–H groups in total. The van der Waals surface area contributed by atoms with E-state index in [1.807, 2.05) is 18.3 Å². The molecule has 0 amide bonds. The number of hydrogen-bond donors (Lipinski definition) is 0. The molecular formula is C15H24N2O. The predicted molar refractivity (Wildman–Crippen MR) is 73.3 cm³/mol. The molecule has 0 aromatic carbocycles. The molecule has 3 nitrogen and oxygen atoms in total. The van der Waals surface area contributed by atoms with E-state index >= 15 is 0 Å². The lowest BCUT2D eigenvalue weighted by Gasteiger charge is -2.55. The lowest BCUT2D eigenvalue weighted by molar-refractivity contribution is -0.146. The number of aromatic nitrogens is 1. The van der Waals surface area contributed by atoms with E-state index in [0.717, 1.165) is 25.3 Å². The summed E-state index contributed by atoms with van der Waals surface area (Å²) in [4.78, 5) is 6.79. The second-order valence-corrected chi connectivity index (χ2v) is 5.75. The van der Waals surface area contributed by atoms with Gasteiger partial charge >= 0.3 is 0 Å². The molecule has 100 valence electrons. The molecule has 2 rings (SSSR count). The van der Waals surface area contributed by atoms with Gasteiger partial charge in [0.05, 0.1) is 11.8 Å². The van der Waals surface area contributed by atoms with Gasteiger partial charge in [0.1, 0.15) is 0 Å². The smallest absolute Gasteiger partial charge is 0.0655 e. The molecule has 3 heteroatoms. The van der Waals surface area contributed by atoms with Gasteiger partial charge in [0.25, 0.3) is 0 Å². The fourth-order valence-electron chi connectivity index (χ4n) is 2.95. The van der Waals surface area contributed by atoms with Gasteiger partial charge in [0, 0.05) is 30.8 Å². The third-order valence-electron chi connectivity index (χ3n) is 4.16. The third-order valence-corrected chi connectivity index (χ3v) is 4.16. The molecule has 1 heterocycles. The number of nitrogens with zero attached hydrogens (tertiary/aromatic N) is 2. The molecule has 0 aliphatic heterocycles. The Morgan fingerprint density at radius 3 is 2.78 bits per heavy atom. The lowest BCUT2D eigenvalue weighted by Crippen LogP contribution is -2.61. The van der Waals surface area contributed by atoms with Gasteiger partial charge in [-0.1, -0.05) is 19.9 Å². The number of ether oxygens (including phenoxy) is 1. The van der Waals surface area contributed by atoms with Gasteiger partial charge in [-0.2, -0.15) is 0 Å².